The Morgan fingerprint density at radius 1 is 1.19 bits per heavy atom. The predicted octanol–water partition coefficient (Wildman–Crippen LogP) is 2.95. The highest BCUT2D eigenvalue weighted by Crippen LogP contribution is 2.32. The number of aromatic nitrogens is 4. The molecule has 1 N–H and O–H groups in total. The first kappa shape index (κ1) is 19.9. The summed E-state index contributed by atoms with van der Waals surface area (Å²) in [5, 5.41) is 20.8. The van der Waals surface area contributed by atoms with E-state index in [0.717, 1.165) is 27.8 Å². The van der Waals surface area contributed by atoms with Gasteiger partial charge >= 0.3 is 0 Å². The standard InChI is InChI=1S/C23H20N6O2/c1-3-22(30)25-8-9-31-20-6-4-16(5-7-20)21-10-17(19-13-26-28(2)14-19)15-29-23(21)18(11-24)12-27-29/h3-7,10,12-15H,1,8-9H2,2H3,(H,25,30). The number of nitriles is 1. The van der Waals surface area contributed by atoms with Crippen LogP contribution in [0.25, 0.3) is 27.8 Å². The molecule has 3 heterocycles. The molecule has 3 aromatic heterocycles. The lowest BCUT2D eigenvalue weighted by atomic mass is 10.00. The minimum absolute atomic E-state index is 0.231. The molecule has 8 nitrogen and oxygen atoms in total. The van der Waals surface area contributed by atoms with Gasteiger partial charge in [0.15, 0.2) is 0 Å². The van der Waals surface area contributed by atoms with E-state index in [1.54, 1.807) is 21.6 Å². The van der Waals surface area contributed by atoms with E-state index in [4.69, 9.17) is 4.74 Å². The van der Waals surface area contributed by atoms with E-state index >= 15 is 0 Å². The van der Waals surface area contributed by atoms with Crippen LogP contribution in [0.2, 0.25) is 0 Å². The maximum Gasteiger partial charge on any atom is 0.243 e. The molecule has 0 saturated carbocycles. The van der Waals surface area contributed by atoms with Gasteiger partial charge in [-0.15, -0.1) is 0 Å². The van der Waals surface area contributed by atoms with Gasteiger partial charge in [0.25, 0.3) is 0 Å². The first-order chi connectivity index (χ1) is 15.1. The van der Waals surface area contributed by atoms with Crippen LogP contribution in [0, 0.1) is 11.3 Å². The largest absolute Gasteiger partial charge is 0.492 e. The molecule has 0 aliphatic carbocycles. The minimum atomic E-state index is -0.231. The van der Waals surface area contributed by atoms with Crippen molar-refractivity contribution in [1.29, 1.82) is 5.26 Å². The maximum atomic E-state index is 11.2. The Morgan fingerprint density at radius 2 is 2.00 bits per heavy atom. The molecule has 0 unspecified atom stereocenters. The summed E-state index contributed by atoms with van der Waals surface area (Å²) in [6, 6.07) is 11.9. The number of amides is 1. The van der Waals surface area contributed by atoms with Crippen LogP contribution in [0.5, 0.6) is 5.75 Å². The summed E-state index contributed by atoms with van der Waals surface area (Å²) in [7, 11) is 1.87. The quantitative estimate of drug-likeness (QED) is 0.372. The number of aryl methyl sites for hydroxylation is 1. The number of nitrogens with zero attached hydrogens (tertiary/aromatic N) is 5. The number of benzene rings is 1. The lowest BCUT2D eigenvalue weighted by molar-refractivity contribution is -0.116. The average Bonchev–Trinajstić information content (AvgIpc) is 3.42. The van der Waals surface area contributed by atoms with E-state index in [9.17, 15) is 10.1 Å². The third-order valence-electron chi connectivity index (χ3n) is 4.79. The molecular formula is C23H20N6O2. The molecule has 0 saturated heterocycles. The summed E-state index contributed by atoms with van der Waals surface area (Å²) in [6.45, 7) is 4.15. The minimum Gasteiger partial charge on any atom is -0.492 e. The van der Waals surface area contributed by atoms with Crippen LogP contribution in [-0.4, -0.2) is 38.5 Å². The number of hydrogen-bond donors (Lipinski definition) is 1. The molecule has 0 aliphatic heterocycles. The highest BCUT2D eigenvalue weighted by molar-refractivity contribution is 5.88. The van der Waals surface area contributed by atoms with Crippen molar-refractivity contribution in [2.75, 3.05) is 13.2 Å². The molecule has 0 aliphatic rings. The fourth-order valence-corrected chi connectivity index (χ4v) is 3.30. The summed E-state index contributed by atoms with van der Waals surface area (Å²) in [5.74, 6) is 0.454. The van der Waals surface area contributed by atoms with Crippen molar-refractivity contribution in [3.8, 4) is 34.1 Å². The Balaban J connectivity index is 1.65. The van der Waals surface area contributed by atoms with Crippen LogP contribution in [0.3, 0.4) is 0 Å². The van der Waals surface area contributed by atoms with Crippen LogP contribution in [0.1, 0.15) is 5.56 Å². The van der Waals surface area contributed by atoms with Crippen LogP contribution >= 0.6 is 0 Å². The van der Waals surface area contributed by atoms with Crippen molar-refractivity contribution in [2.45, 2.75) is 0 Å². The summed E-state index contributed by atoms with van der Waals surface area (Å²) in [5.41, 5.74) is 4.98. The number of carbonyl (C=O) groups is 1. The molecular weight excluding hydrogens is 392 g/mol. The molecule has 0 spiro atoms. The number of ether oxygens (including phenoxy) is 1. The number of carbonyl (C=O) groups excluding carboxylic acids is 1. The van der Waals surface area contributed by atoms with Crippen LogP contribution in [-0.2, 0) is 11.8 Å². The maximum absolute atomic E-state index is 11.2. The van der Waals surface area contributed by atoms with Crippen molar-refractivity contribution in [1.82, 2.24) is 24.7 Å². The molecule has 0 radical (unpaired) electrons. The zero-order valence-corrected chi connectivity index (χ0v) is 16.9. The molecule has 4 aromatic rings. The number of hydrogen-bond acceptors (Lipinski definition) is 5. The summed E-state index contributed by atoms with van der Waals surface area (Å²) < 4.78 is 9.14. The normalized spacial score (nSPS) is 10.6. The van der Waals surface area contributed by atoms with Gasteiger partial charge in [-0.25, -0.2) is 4.52 Å². The monoisotopic (exact) mass is 412 g/mol. The molecule has 1 aromatic carbocycles. The number of rotatable bonds is 7. The highest BCUT2D eigenvalue weighted by Gasteiger charge is 2.14. The second-order valence-corrected chi connectivity index (χ2v) is 6.88. The molecule has 0 fully saturated rings. The fourth-order valence-electron chi connectivity index (χ4n) is 3.30. The average molecular weight is 412 g/mol. The van der Waals surface area contributed by atoms with E-state index in [-0.39, 0.29) is 5.91 Å². The van der Waals surface area contributed by atoms with Gasteiger partial charge in [0.05, 0.1) is 30.0 Å². The molecule has 0 bridgehead atoms. The SMILES string of the molecule is C=CC(=O)NCCOc1ccc(-c2cc(-c3cnn(C)c3)cn3ncc(C#N)c23)cc1. The van der Waals surface area contributed by atoms with E-state index in [1.807, 2.05) is 49.8 Å². The van der Waals surface area contributed by atoms with Crippen LogP contribution < -0.4 is 10.1 Å². The first-order valence-corrected chi connectivity index (χ1v) is 9.63. The molecule has 8 heteroatoms. The van der Waals surface area contributed by atoms with Crippen molar-refractivity contribution in [2.24, 2.45) is 7.05 Å². The van der Waals surface area contributed by atoms with E-state index in [2.05, 4.69) is 28.2 Å². The summed E-state index contributed by atoms with van der Waals surface area (Å²) in [4.78, 5) is 11.2. The van der Waals surface area contributed by atoms with Crippen LogP contribution in [0.4, 0.5) is 0 Å². The zero-order chi connectivity index (χ0) is 21.8. The van der Waals surface area contributed by atoms with Crippen molar-refractivity contribution in [3.63, 3.8) is 0 Å². The lowest BCUT2D eigenvalue weighted by Gasteiger charge is -2.10. The first-order valence-electron chi connectivity index (χ1n) is 9.63. The topological polar surface area (TPSA) is 97.2 Å². The van der Waals surface area contributed by atoms with Crippen molar-refractivity contribution >= 4 is 11.4 Å². The number of nitrogens with one attached hydrogen (secondary N) is 1. The second kappa shape index (κ2) is 8.55. The lowest BCUT2D eigenvalue weighted by Crippen LogP contribution is -2.26. The molecule has 4 rings (SSSR count). The van der Waals surface area contributed by atoms with Gasteiger partial charge in [0.2, 0.25) is 5.91 Å². The smallest absolute Gasteiger partial charge is 0.243 e. The summed E-state index contributed by atoms with van der Waals surface area (Å²) in [6.07, 6.45) is 8.41. The molecule has 31 heavy (non-hydrogen) atoms. The highest BCUT2D eigenvalue weighted by atomic mass is 16.5. The molecule has 1 amide bonds. The van der Waals surface area contributed by atoms with E-state index in [1.165, 1.54) is 6.08 Å². The Kier molecular flexibility index (Phi) is 5.49. The van der Waals surface area contributed by atoms with Gasteiger partial charge in [0.1, 0.15) is 18.4 Å². The Morgan fingerprint density at radius 3 is 2.68 bits per heavy atom. The predicted molar refractivity (Wildman–Crippen MR) is 116 cm³/mol. The van der Waals surface area contributed by atoms with Gasteiger partial charge in [-0.05, 0) is 29.8 Å². The summed E-state index contributed by atoms with van der Waals surface area (Å²) >= 11 is 0. The Hall–Kier alpha value is -4.38. The van der Waals surface area contributed by atoms with Gasteiger partial charge in [0, 0.05) is 36.1 Å². The third-order valence-corrected chi connectivity index (χ3v) is 4.79. The van der Waals surface area contributed by atoms with E-state index < -0.39 is 0 Å². The third kappa shape index (κ3) is 4.16. The Labute approximate surface area is 179 Å². The number of pyridine rings is 1. The molecule has 154 valence electrons. The van der Waals surface area contributed by atoms with Gasteiger partial charge in [-0.3, -0.25) is 9.48 Å². The zero-order valence-electron chi connectivity index (χ0n) is 16.9. The van der Waals surface area contributed by atoms with Gasteiger partial charge in [-0.1, -0.05) is 18.7 Å². The van der Waals surface area contributed by atoms with Gasteiger partial charge < -0.3 is 10.1 Å². The Bertz CT molecular complexity index is 1290. The second-order valence-electron chi connectivity index (χ2n) is 6.88. The van der Waals surface area contributed by atoms with E-state index in [0.29, 0.717) is 24.5 Å². The van der Waals surface area contributed by atoms with Crippen molar-refractivity contribution in [3.05, 3.63) is 73.3 Å². The van der Waals surface area contributed by atoms with Crippen molar-refractivity contribution < 1.29 is 9.53 Å². The van der Waals surface area contributed by atoms with Crippen LogP contribution in [0.15, 0.2) is 67.8 Å². The van der Waals surface area contributed by atoms with Gasteiger partial charge in [-0.2, -0.15) is 15.5 Å². The molecule has 0 atom stereocenters. The fraction of sp³-hybridized carbons (Fsp3) is 0.130. The number of fused-ring (bicyclic) bond motifs is 1.